The van der Waals surface area contributed by atoms with Gasteiger partial charge in [-0.25, -0.2) is 0 Å². The first-order chi connectivity index (χ1) is 8.79. The van der Waals surface area contributed by atoms with Crippen LogP contribution in [0.2, 0.25) is 0 Å². The van der Waals surface area contributed by atoms with Crippen LogP contribution in [0.15, 0.2) is 16.5 Å². The molecule has 1 saturated carbocycles. The van der Waals surface area contributed by atoms with Crippen LogP contribution < -0.4 is 5.73 Å². The zero-order valence-electron chi connectivity index (χ0n) is 12.3. The summed E-state index contributed by atoms with van der Waals surface area (Å²) in [7, 11) is 0. The van der Waals surface area contributed by atoms with Gasteiger partial charge in [0, 0.05) is 6.04 Å². The van der Waals surface area contributed by atoms with Crippen molar-refractivity contribution in [2.45, 2.75) is 59.2 Å². The molecule has 4 heteroatoms. The fourth-order valence-electron chi connectivity index (χ4n) is 2.06. The lowest BCUT2D eigenvalue weighted by Crippen LogP contribution is -2.50. The standard InChI is InChI=1S/C15H24N2O2/c1-10-5-8-12(19-10)9-17(11-6-7-11)14(18)13(16)15(2,3)4/h5,8,11,13H,6-7,9,16H2,1-4H3/t13-/m0/s1. The van der Waals surface area contributed by atoms with Crippen molar-refractivity contribution in [2.75, 3.05) is 0 Å². The molecule has 1 aliphatic rings. The van der Waals surface area contributed by atoms with Gasteiger partial charge in [-0.05, 0) is 37.3 Å². The Kier molecular flexibility index (Phi) is 3.72. The highest BCUT2D eigenvalue weighted by atomic mass is 16.3. The molecule has 0 spiro atoms. The molecule has 0 aliphatic heterocycles. The summed E-state index contributed by atoms with van der Waals surface area (Å²) in [5.74, 6) is 1.74. The number of nitrogens with two attached hydrogens (primary N) is 1. The lowest BCUT2D eigenvalue weighted by molar-refractivity contribution is -0.136. The number of hydrogen-bond acceptors (Lipinski definition) is 3. The van der Waals surface area contributed by atoms with Crippen molar-refractivity contribution in [1.82, 2.24) is 4.90 Å². The Labute approximate surface area is 114 Å². The summed E-state index contributed by atoms with van der Waals surface area (Å²) in [6.45, 7) is 8.43. The summed E-state index contributed by atoms with van der Waals surface area (Å²) in [4.78, 5) is 14.4. The minimum atomic E-state index is -0.468. The second-order valence-electron chi connectivity index (χ2n) is 6.55. The quantitative estimate of drug-likeness (QED) is 0.908. The van der Waals surface area contributed by atoms with Crippen LogP contribution in [0.25, 0.3) is 0 Å². The van der Waals surface area contributed by atoms with E-state index in [1.54, 1.807) is 0 Å². The second-order valence-corrected chi connectivity index (χ2v) is 6.55. The van der Waals surface area contributed by atoms with Crippen molar-refractivity contribution in [3.05, 3.63) is 23.7 Å². The molecule has 1 fully saturated rings. The van der Waals surface area contributed by atoms with E-state index < -0.39 is 6.04 Å². The van der Waals surface area contributed by atoms with Crippen LogP contribution in [0.3, 0.4) is 0 Å². The van der Waals surface area contributed by atoms with Gasteiger partial charge in [-0.2, -0.15) is 0 Å². The largest absolute Gasteiger partial charge is 0.464 e. The third kappa shape index (κ3) is 3.38. The first-order valence-electron chi connectivity index (χ1n) is 6.90. The lowest BCUT2D eigenvalue weighted by Gasteiger charge is -2.31. The van der Waals surface area contributed by atoms with Crippen molar-refractivity contribution >= 4 is 5.91 Å². The minimum Gasteiger partial charge on any atom is -0.464 e. The molecule has 0 saturated heterocycles. The van der Waals surface area contributed by atoms with E-state index in [-0.39, 0.29) is 11.3 Å². The Morgan fingerprint density at radius 3 is 2.53 bits per heavy atom. The molecule has 2 rings (SSSR count). The molecule has 19 heavy (non-hydrogen) atoms. The van der Waals surface area contributed by atoms with Crippen LogP contribution in [0.4, 0.5) is 0 Å². The Balaban J connectivity index is 2.10. The fourth-order valence-corrected chi connectivity index (χ4v) is 2.06. The second kappa shape index (κ2) is 5.00. The van der Waals surface area contributed by atoms with Crippen LogP contribution in [0, 0.1) is 12.3 Å². The molecule has 0 bridgehead atoms. The maximum absolute atomic E-state index is 12.5. The number of rotatable bonds is 4. The van der Waals surface area contributed by atoms with Crippen LogP contribution in [0.1, 0.15) is 45.1 Å². The van der Waals surface area contributed by atoms with Gasteiger partial charge in [0.05, 0.1) is 12.6 Å². The normalized spacial score (nSPS) is 17.3. The van der Waals surface area contributed by atoms with E-state index in [0.717, 1.165) is 24.4 Å². The molecule has 1 atom stereocenters. The smallest absolute Gasteiger partial charge is 0.240 e. The van der Waals surface area contributed by atoms with Gasteiger partial charge in [-0.3, -0.25) is 4.79 Å². The van der Waals surface area contributed by atoms with Crippen molar-refractivity contribution in [3.8, 4) is 0 Å². The third-order valence-electron chi connectivity index (χ3n) is 3.59. The summed E-state index contributed by atoms with van der Waals surface area (Å²) in [5.41, 5.74) is 5.88. The molecule has 0 aromatic carbocycles. The number of furan rings is 1. The highest BCUT2D eigenvalue weighted by Gasteiger charge is 2.38. The summed E-state index contributed by atoms with van der Waals surface area (Å²) in [6, 6.07) is 3.73. The minimum absolute atomic E-state index is 0.0315. The maximum atomic E-state index is 12.5. The monoisotopic (exact) mass is 264 g/mol. The molecule has 106 valence electrons. The summed E-state index contributed by atoms with van der Waals surface area (Å²) in [6.07, 6.45) is 2.14. The van der Waals surface area contributed by atoms with Gasteiger partial charge in [-0.15, -0.1) is 0 Å². The van der Waals surface area contributed by atoms with Gasteiger partial charge >= 0.3 is 0 Å². The predicted molar refractivity (Wildman–Crippen MR) is 74.4 cm³/mol. The molecule has 1 aromatic rings. The van der Waals surface area contributed by atoms with Crippen LogP contribution in [-0.2, 0) is 11.3 Å². The van der Waals surface area contributed by atoms with E-state index in [4.69, 9.17) is 10.2 Å². The predicted octanol–water partition coefficient (Wildman–Crippen LogP) is 2.45. The number of carbonyl (C=O) groups is 1. The van der Waals surface area contributed by atoms with Gasteiger partial charge in [-0.1, -0.05) is 20.8 Å². The average molecular weight is 264 g/mol. The fraction of sp³-hybridized carbons (Fsp3) is 0.667. The Morgan fingerprint density at radius 2 is 2.11 bits per heavy atom. The third-order valence-corrected chi connectivity index (χ3v) is 3.59. The van der Waals surface area contributed by atoms with E-state index in [0.29, 0.717) is 12.6 Å². The van der Waals surface area contributed by atoms with Gasteiger partial charge < -0.3 is 15.1 Å². The highest BCUT2D eigenvalue weighted by Crippen LogP contribution is 2.31. The zero-order valence-corrected chi connectivity index (χ0v) is 12.3. The molecule has 2 N–H and O–H groups in total. The van der Waals surface area contributed by atoms with Crippen LogP contribution in [-0.4, -0.2) is 22.9 Å². The van der Waals surface area contributed by atoms with Gasteiger partial charge in [0.15, 0.2) is 0 Å². The summed E-state index contributed by atoms with van der Waals surface area (Å²) >= 11 is 0. The van der Waals surface area contributed by atoms with Crippen LogP contribution >= 0.6 is 0 Å². The van der Waals surface area contributed by atoms with Crippen LogP contribution in [0.5, 0.6) is 0 Å². The number of aryl methyl sites for hydroxylation is 1. The van der Waals surface area contributed by atoms with E-state index in [1.165, 1.54) is 0 Å². The van der Waals surface area contributed by atoms with Gasteiger partial charge in [0.1, 0.15) is 11.5 Å². The molecule has 0 radical (unpaired) electrons. The summed E-state index contributed by atoms with van der Waals surface area (Å²) in [5, 5.41) is 0. The Hall–Kier alpha value is -1.29. The average Bonchev–Trinajstić information content (AvgIpc) is 3.07. The topological polar surface area (TPSA) is 59.5 Å². The molecule has 1 aliphatic carbocycles. The van der Waals surface area contributed by atoms with Gasteiger partial charge in [0.25, 0.3) is 0 Å². The van der Waals surface area contributed by atoms with Crippen molar-refractivity contribution < 1.29 is 9.21 Å². The number of nitrogens with zero attached hydrogens (tertiary/aromatic N) is 1. The van der Waals surface area contributed by atoms with E-state index >= 15 is 0 Å². The maximum Gasteiger partial charge on any atom is 0.240 e. The summed E-state index contributed by atoms with van der Waals surface area (Å²) < 4.78 is 5.57. The first-order valence-corrected chi connectivity index (χ1v) is 6.90. The SMILES string of the molecule is Cc1ccc(CN(C(=O)[C@H](N)C(C)(C)C)C2CC2)o1. The zero-order chi connectivity index (χ0) is 14.2. The van der Waals surface area contributed by atoms with Gasteiger partial charge in [0.2, 0.25) is 5.91 Å². The Bertz CT molecular complexity index is 455. The molecule has 1 aromatic heterocycles. The van der Waals surface area contributed by atoms with E-state index in [1.807, 2.05) is 44.7 Å². The highest BCUT2D eigenvalue weighted by molar-refractivity contribution is 5.83. The van der Waals surface area contributed by atoms with Crippen molar-refractivity contribution in [1.29, 1.82) is 0 Å². The molecule has 1 amide bonds. The number of amides is 1. The number of hydrogen-bond donors (Lipinski definition) is 1. The van der Waals surface area contributed by atoms with E-state index in [9.17, 15) is 4.79 Å². The molecule has 0 unspecified atom stereocenters. The Morgan fingerprint density at radius 1 is 1.47 bits per heavy atom. The lowest BCUT2D eigenvalue weighted by atomic mass is 9.86. The first kappa shape index (κ1) is 14.1. The van der Waals surface area contributed by atoms with Crippen molar-refractivity contribution in [3.63, 3.8) is 0 Å². The van der Waals surface area contributed by atoms with E-state index in [2.05, 4.69) is 0 Å². The number of carbonyl (C=O) groups excluding carboxylic acids is 1. The van der Waals surface area contributed by atoms with Crippen molar-refractivity contribution in [2.24, 2.45) is 11.1 Å². The molecule has 1 heterocycles. The molecular formula is C15H24N2O2. The molecular weight excluding hydrogens is 240 g/mol. The molecule has 4 nitrogen and oxygen atoms in total.